The van der Waals surface area contributed by atoms with Gasteiger partial charge >= 0.3 is 0 Å². The predicted octanol–water partition coefficient (Wildman–Crippen LogP) is 3.29. The van der Waals surface area contributed by atoms with Crippen molar-refractivity contribution in [2.75, 3.05) is 26.9 Å². The molecular weight excluding hydrogens is 392 g/mol. The molecule has 170 valence electrons. The Bertz CT molecular complexity index is 830. The smallest absolute Gasteiger partial charge is 0.231 e. The fourth-order valence-corrected chi connectivity index (χ4v) is 6.74. The van der Waals surface area contributed by atoms with Crippen molar-refractivity contribution in [1.82, 2.24) is 9.88 Å². The molecule has 6 nitrogen and oxygen atoms in total. The van der Waals surface area contributed by atoms with Crippen LogP contribution in [0.15, 0.2) is 12.3 Å². The van der Waals surface area contributed by atoms with E-state index in [1.807, 2.05) is 6.20 Å². The van der Waals surface area contributed by atoms with Gasteiger partial charge in [0.2, 0.25) is 5.91 Å². The highest BCUT2D eigenvalue weighted by Gasteiger charge is 2.59. The van der Waals surface area contributed by atoms with E-state index in [-0.39, 0.29) is 23.7 Å². The largest absolute Gasteiger partial charge is 0.379 e. The molecule has 3 aliphatic heterocycles. The number of methoxy groups -OCH3 is 1. The first-order valence-corrected chi connectivity index (χ1v) is 12.0. The van der Waals surface area contributed by atoms with Crippen LogP contribution >= 0.6 is 0 Å². The molecular formula is C25H36N2O4. The maximum atomic E-state index is 14.0. The molecule has 0 aromatic carbocycles. The summed E-state index contributed by atoms with van der Waals surface area (Å²) in [6.45, 7) is 7.15. The standard InChI is InChI=1S/C25H36N2O4/c1-16-8-20-14-27(6-4-21(20)26-13-16)24(28)25-11-17(2)31-23(25)10-18(12-25)9-19-5-7-30-15-22(19)29-3/h8,13,17-19,22-23H,4-7,9-12,14-15H2,1-3H3/t17?,18-,19?,22?,23-,25-/m1/s1. The lowest BCUT2D eigenvalue weighted by Crippen LogP contribution is -2.48. The number of ether oxygens (including phenoxy) is 3. The summed E-state index contributed by atoms with van der Waals surface area (Å²) in [4.78, 5) is 20.7. The van der Waals surface area contributed by atoms with Crippen LogP contribution in [-0.4, -0.2) is 61.0 Å². The topological polar surface area (TPSA) is 60.9 Å². The highest BCUT2D eigenvalue weighted by atomic mass is 16.5. The Morgan fingerprint density at radius 3 is 3.10 bits per heavy atom. The van der Waals surface area contributed by atoms with E-state index in [2.05, 4.69) is 29.8 Å². The normalized spacial score (nSPS) is 37.5. The van der Waals surface area contributed by atoms with Crippen LogP contribution in [0, 0.1) is 24.2 Å². The Labute approximate surface area is 185 Å². The number of nitrogens with zero attached hydrogens (tertiary/aromatic N) is 2. The van der Waals surface area contributed by atoms with Crippen molar-refractivity contribution in [2.45, 2.75) is 77.2 Å². The summed E-state index contributed by atoms with van der Waals surface area (Å²) in [5, 5.41) is 0. The van der Waals surface area contributed by atoms with Crippen LogP contribution in [0.2, 0.25) is 0 Å². The number of aryl methyl sites for hydroxylation is 1. The number of pyridine rings is 1. The molecule has 3 fully saturated rings. The molecule has 5 rings (SSSR count). The van der Waals surface area contributed by atoms with E-state index >= 15 is 0 Å². The fraction of sp³-hybridized carbons (Fsp3) is 0.760. The van der Waals surface area contributed by atoms with Gasteiger partial charge in [0.05, 0.1) is 30.3 Å². The number of amides is 1. The predicted molar refractivity (Wildman–Crippen MR) is 117 cm³/mol. The van der Waals surface area contributed by atoms with E-state index in [0.29, 0.717) is 30.9 Å². The van der Waals surface area contributed by atoms with Crippen molar-refractivity contribution >= 4 is 5.91 Å². The second-order valence-electron chi connectivity index (χ2n) is 10.3. The molecule has 6 atom stereocenters. The van der Waals surface area contributed by atoms with Crippen LogP contribution in [0.3, 0.4) is 0 Å². The molecule has 0 N–H and O–H groups in total. The van der Waals surface area contributed by atoms with E-state index < -0.39 is 0 Å². The second kappa shape index (κ2) is 8.45. The zero-order chi connectivity index (χ0) is 21.6. The number of hydrogen-bond donors (Lipinski definition) is 0. The average molecular weight is 429 g/mol. The van der Waals surface area contributed by atoms with Gasteiger partial charge in [0.15, 0.2) is 0 Å². The summed E-state index contributed by atoms with van der Waals surface area (Å²) >= 11 is 0. The Morgan fingerprint density at radius 1 is 1.39 bits per heavy atom. The van der Waals surface area contributed by atoms with Crippen LogP contribution in [-0.2, 0) is 32.0 Å². The van der Waals surface area contributed by atoms with Gasteiger partial charge in [-0.2, -0.15) is 0 Å². The molecule has 2 saturated heterocycles. The van der Waals surface area contributed by atoms with Crippen molar-refractivity contribution in [2.24, 2.45) is 17.3 Å². The molecule has 4 heterocycles. The number of carbonyl (C=O) groups excluding carboxylic acids is 1. The molecule has 6 heteroatoms. The Hall–Kier alpha value is -1.50. The maximum absolute atomic E-state index is 14.0. The highest BCUT2D eigenvalue weighted by molar-refractivity contribution is 5.84. The average Bonchev–Trinajstić information content (AvgIpc) is 3.25. The van der Waals surface area contributed by atoms with E-state index in [1.54, 1.807) is 7.11 Å². The highest BCUT2D eigenvalue weighted by Crippen LogP contribution is 2.55. The van der Waals surface area contributed by atoms with Crippen LogP contribution in [0.1, 0.15) is 55.8 Å². The summed E-state index contributed by atoms with van der Waals surface area (Å²) < 4.78 is 17.7. The van der Waals surface area contributed by atoms with Gasteiger partial charge < -0.3 is 19.1 Å². The number of carbonyl (C=O) groups is 1. The molecule has 1 aliphatic carbocycles. The Morgan fingerprint density at radius 2 is 2.26 bits per heavy atom. The fourth-order valence-electron chi connectivity index (χ4n) is 6.74. The van der Waals surface area contributed by atoms with E-state index in [0.717, 1.165) is 62.9 Å². The third-order valence-corrected chi connectivity index (χ3v) is 8.13. The number of rotatable bonds is 4. The Kier molecular flexibility index (Phi) is 5.82. The lowest BCUT2D eigenvalue weighted by Gasteiger charge is -2.37. The van der Waals surface area contributed by atoms with Gasteiger partial charge in [-0.1, -0.05) is 6.07 Å². The van der Waals surface area contributed by atoms with Crippen LogP contribution in [0.4, 0.5) is 0 Å². The van der Waals surface area contributed by atoms with Crippen molar-refractivity contribution in [3.05, 3.63) is 29.1 Å². The molecule has 1 aromatic rings. The number of aromatic nitrogens is 1. The van der Waals surface area contributed by atoms with Crippen molar-refractivity contribution < 1.29 is 19.0 Å². The van der Waals surface area contributed by atoms with Gasteiger partial charge in [-0.05, 0) is 68.9 Å². The van der Waals surface area contributed by atoms with Crippen molar-refractivity contribution in [3.63, 3.8) is 0 Å². The first-order valence-electron chi connectivity index (χ1n) is 12.0. The van der Waals surface area contributed by atoms with Crippen LogP contribution in [0.25, 0.3) is 0 Å². The minimum absolute atomic E-state index is 0.0536. The van der Waals surface area contributed by atoms with Gasteiger partial charge in [0.25, 0.3) is 0 Å². The second-order valence-corrected chi connectivity index (χ2v) is 10.3. The quantitative estimate of drug-likeness (QED) is 0.737. The van der Waals surface area contributed by atoms with Crippen LogP contribution < -0.4 is 0 Å². The zero-order valence-electron chi connectivity index (χ0n) is 19.1. The lowest BCUT2D eigenvalue weighted by atomic mass is 9.77. The monoisotopic (exact) mass is 428 g/mol. The van der Waals surface area contributed by atoms with Crippen molar-refractivity contribution in [3.8, 4) is 0 Å². The molecule has 0 radical (unpaired) electrons. The molecule has 1 saturated carbocycles. The first-order chi connectivity index (χ1) is 15.0. The van der Waals surface area contributed by atoms with Gasteiger partial charge in [-0.15, -0.1) is 0 Å². The minimum atomic E-state index is -0.355. The summed E-state index contributed by atoms with van der Waals surface area (Å²) in [7, 11) is 1.79. The summed E-state index contributed by atoms with van der Waals surface area (Å²) in [6.07, 6.45) is 8.12. The van der Waals surface area contributed by atoms with Crippen LogP contribution in [0.5, 0.6) is 0 Å². The Balaban J connectivity index is 1.32. The molecule has 1 aromatic heterocycles. The zero-order valence-corrected chi connectivity index (χ0v) is 19.1. The molecule has 0 spiro atoms. The SMILES string of the molecule is COC1COCCC1C[C@@H]1C[C@H]2OC(C)C[C@@]2(C(=O)N2CCc3ncc(C)cc3C2)C1. The summed E-state index contributed by atoms with van der Waals surface area (Å²) in [6, 6.07) is 2.19. The van der Waals surface area contributed by atoms with Gasteiger partial charge in [-0.3, -0.25) is 9.78 Å². The molecule has 31 heavy (non-hydrogen) atoms. The first kappa shape index (κ1) is 21.4. The minimum Gasteiger partial charge on any atom is -0.379 e. The van der Waals surface area contributed by atoms with Gasteiger partial charge in [0, 0.05) is 45.1 Å². The van der Waals surface area contributed by atoms with Gasteiger partial charge in [0.1, 0.15) is 0 Å². The van der Waals surface area contributed by atoms with E-state index in [9.17, 15) is 4.79 Å². The van der Waals surface area contributed by atoms with Crippen molar-refractivity contribution in [1.29, 1.82) is 0 Å². The molecule has 0 bridgehead atoms. The van der Waals surface area contributed by atoms with Gasteiger partial charge in [-0.25, -0.2) is 0 Å². The maximum Gasteiger partial charge on any atom is 0.231 e. The molecule has 3 unspecified atom stereocenters. The summed E-state index contributed by atoms with van der Waals surface area (Å²) in [5.74, 6) is 1.35. The number of fused-ring (bicyclic) bond motifs is 2. The van der Waals surface area contributed by atoms with E-state index in [4.69, 9.17) is 14.2 Å². The third kappa shape index (κ3) is 3.91. The summed E-state index contributed by atoms with van der Waals surface area (Å²) in [5.41, 5.74) is 3.16. The molecule has 4 aliphatic rings. The molecule has 1 amide bonds. The lowest BCUT2D eigenvalue weighted by molar-refractivity contribution is -0.145. The third-order valence-electron chi connectivity index (χ3n) is 8.13. The van der Waals surface area contributed by atoms with E-state index in [1.165, 1.54) is 5.56 Å². The number of hydrogen-bond acceptors (Lipinski definition) is 5.